The van der Waals surface area contributed by atoms with E-state index < -0.39 is 56.7 Å². The molecule has 1 aliphatic carbocycles. The van der Waals surface area contributed by atoms with Gasteiger partial charge < -0.3 is 14.7 Å². The van der Waals surface area contributed by atoms with Crippen LogP contribution in [0.1, 0.15) is 50.4 Å². The summed E-state index contributed by atoms with van der Waals surface area (Å²) in [5.74, 6) is -3.34. The monoisotopic (exact) mass is 278 g/mol. The van der Waals surface area contributed by atoms with Crippen LogP contribution in [-0.2, 0) is 5.60 Å². The third-order valence-corrected chi connectivity index (χ3v) is 3.01. The van der Waals surface area contributed by atoms with Gasteiger partial charge in [-0.1, -0.05) is 25.0 Å². The number of ether oxygens (including phenoxy) is 1. The van der Waals surface area contributed by atoms with E-state index in [1.807, 2.05) is 0 Å². The molecule has 2 rings (SSSR count). The van der Waals surface area contributed by atoms with E-state index in [0.717, 1.165) is 12.1 Å². The van der Waals surface area contributed by atoms with E-state index in [2.05, 4.69) is 0 Å². The highest BCUT2D eigenvalue weighted by molar-refractivity contribution is 5.33. The Kier molecular flexibility index (Phi) is 1.39. The lowest BCUT2D eigenvalue weighted by Crippen LogP contribution is -2.43. The minimum atomic E-state index is -3.60. The fourth-order valence-electron chi connectivity index (χ4n) is 2.14. The van der Waals surface area contributed by atoms with Crippen molar-refractivity contribution >= 4 is 0 Å². The van der Waals surface area contributed by atoms with Crippen molar-refractivity contribution < 1.29 is 29.0 Å². The first-order chi connectivity index (χ1) is 15.1. The smallest absolute Gasteiger partial charge is 0.211 e. The molecule has 0 amide bonds. The fourth-order valence-corrected chi connectivity index (χ4v) is 2.14. The Labute approximate surface area is 137 Å². The molecule has 1 aliphatic rings. The molecule has 0 saturated heterocycles. The number of benzene rings is 1. The Balaban J connectivity index is 2.89. The second-order valence-electron chi connectivity index (χ2n) is 4.27. The van der Waals surface area contributed by atoms with Crippen LogP contribution in [0.2, 0.25) is 0 Å². The molecular formula is C16H25NO2. The van der Waals surface area contributed by atoms with Crippen molar-refractivity contribution in [3.8, 4) is 5.75 Å². The third-order valence-electron chi connectivity index (χ3n) is 3.01. The standard InChI is InChI=1S/C16H25NO2/c1-17(2)12-14-7-4-5-10-16(14,18)13-8-6-9-15(11-13)19-3/h6,8-9,11,14,18H,4-5,7,10,12H2,1-3H3/t14-,16+/m0/s1/i1D3,2D3,3D3,10D2,12D2,14D,18D. The molecule has 0 aliphatic heterocycles. The van der Waals surface area contributed by atoms with Crippen LogP contribution in [0, 0.1) is 5.89 Å². The SMILES string of the molecule is [2H]O[C@@]1(c2cccc(OC([2H])([2H])[2H])c2)C([2H])([2H])CCC[C@@]1([2H])C([2H])([2H])N(C([2H])([2H])[2H])C([2H])([2H])[2H]. The fraction of sp³-hybridized carbons (Fsp3) is 0.625. The Morgan fingerprint density at radius 3 is 3.42 bits per heavy atom. The lowest BCUT2D eigenvalue weighted by Gasteiger charge is -2.41. The number of hydrogen-bond donors (Lipinski definition) is 1. The van der Waals surface area contributed by atoms with Gasteiger partial charge in [0.25, 0.3) is 0 Å². The van der Waals surface area contributed by atoms with Gasteiger partial charge in [-0.3, -0.25) is 0 Å². The van der Waals surface area contributed by atoms with Crippen LogP contribution in [0.4, 0.5) is 0 Å². The summed E-state index contributed by atoms with van der Waals surface area (Å²) in [6.07, 6.45) is -3.75. The predicted octanol–water partition coefficient (Wildman–Crippen LogP) is 2.63. The summed E-state index contributed by atoms with van der Waals surface area (Å²) >= 11 is 0. The van der Waals surface area contributed by atoms with Crippen LogP contribution >= 0.6 is 0 Å². The molecule has 0 spiro atoms. The minimum Gasteiger partial charge on any atom is -0.497 e. The largest absolute Gasteiger partial charge is 0.497 e. The average Bonchev–Trinajstić information content (AvgIpc) is 2.57. The molecule has 1 fully saturated rings. The van der Waals surface area contributed by atoms with Crippen molar-refractivity contribution in [2.75, 3.05) is 27.5 Å². The van der Waals surface area contributed by atoms with Crippen LogP contribution in [0.25, 0.3) is 0 Å². The van der Waals surface area contributed by atoms with Crippen molar-refractivity contribution in [2.45, 2.75) is 31.2 Å². The van der Waals surface area contributed by atoms with Gasteiger partial charge in [-0.15, -0.1) is 0 Å². The van der Waals surface area contributed by atoms with E-state index in [1.54, 1.807) is 0 Å². The molecule has 0 radical (unpaired) electrons. The summed E-state index contributed by atoms with van der Waals surface area (Å²) in [6, 6.07) is 4.52. The highest BCUT2D eigenvalue weighted by Crippen LogP contribution is 2.42. The maximum Gasteiger partial charge on any atom is 0.211 e. The molecule has 0 aromatic heterocycles. The molecular weight excluding hydrogens is 238 g/mol. The number of nitrogens with zero attached hydrogens (tertiary/aromatic N) is 1. The highest BCUT2D eigenvalue weighted by Gasteiger charge is 2.40. The van der Waals surface area contributed by atoms with E-state index in [0.29, 0.717) is 0 Å². The Morgan fingerprint density at radius 2 is 2.63 bits per heavy atom. The maximum atomic E-state index is 9.11. The molecule has 1 saturated carbocycles. The van der Waals surface area contributed by atoms with Crippen molar-refractivity contribution in [1.82, 2.24) is 4.90 Å². The van der Waals surface area contributed by atoms with Crippen LogP contribution in [0.5, 0.6) is 5.75 Å². The summed E-state index contributed by atoms with van der Waals surface area (Å²) < 4.78 is 124. The van der Waals surface area contributed by atoms with Gasteiger partial charge in [0.2, 0.25) is 1.43 Å². The van der Waals surface area contributed by atoms with E-state index in [1.165, 1.54) is 12.1 Å². The van der Waals surface area contributed by atoms with E-state index in [9.17, 15) is 0 Å². The average molecular weight is 278 g/mol. The topological polar surface area (TPSA) is 32.7 Å². The molecule has 3 nitrogen and oxygen atoms in total. The van der Waals surface area contributed by atoms with Gasteiger partial charge in [0.05, 0.1) is 16.8 Å². The van der Waals surface area contributed by atoms with Crippen LogP contribution in [-0.4, -0.2) is 38.9 Å². The van der Waals surface area contributed by atoms with Crippen molar-refractivity contribution in [3.63, 3.8) is 0 Å². The van der Waals surface area contributed by atoms with Gasteiger partial charge in [0.1, 0.15) is 5.75 Å². The molecule has 0 unspecified atom stereocenters. The van der Waals surface area contributed by atoms with E-state index >= 15 is 0 Å². The van der Waals surface area contributed by atoms with E-state index in [-0.39, 0.29) is 24.2 Å². The number of aliphatic hydroxyl groups is 1. The third kappa shape index (κ3) is 3.10. The van der Waals surface area contributed by atoms with Crippen molar-refractivity contribution in [1.29, 1.82) is 1.43 Å². The zero-order valence-corrected chi connectivity index (χ0v) is 10.2. The van der Waals surface area contributed by atoms with Gasteiger partial charge >= 0.3 is 0 Å². The first kappa shape index (κ1) is 4.47. The van der Waals surface area contributed by atoms with Gasteiger partial charge in [0, 0.05) is 27.5 Å². The lowest BCUT2D eigenvalue weighted by molar-refractivity contribution is -0.0619. The highest BCUT2D eigenvalue weighted by atomic mass is 16.5. The summed E-state index contributed by atoms with van der Waals surface area (Å²) in [7, 11) is -2.91. The quantitative estimate of drug-likeness (QED) is 0.899. The second-order valence-corrected chi connectivity index (χ2v) is 4.27. The van der Waals surface area contributed by atoms with Gasteiger partial charge in [0.15, 0.2) is 0 Å². The van der Waals surface area contributed by atoms with E-state index in [4.69, 9.17) is 30.5 Å². The van der Waals surface area contributed by atoms with Crippen LogP contribution in [0.15, 0.2) is 24.3 Å². The lowest BCUT2D eigenvalue weighted by atomic mass is 9.71. The Bertz CT molecular complexity index is 866. The van der Waals surface area contributed by atoms with Gasteiger partial charge in [-0.05, 0) is 44.4 Å². The number of hydrogen-bond acceptors (Lipinski definition) is 3. The number of methoxy groups -OCH3 is 1. The molecule has 106 valence electrons. The van der Waals surface area contributed by atoms with Gasteiger partial charge in [-0.2, -0.15) is 0 Å². The van der Waals surface area contributed by atoms with Crippen LogP contribution in [0.3, 0.4) is 0 Å². The molecule has 0 bridgehead atoms. The molecule has 2 atom stereocenters. The predicted molar refractivity (Wildman–Crippen MR) is 77.4 cm³/mol. The zero-order valence-electron chi connectivity index (χ0n) is 25.2. The van der Waals surface area contributed by atoms with Gasteiger partial charge in [-0.25, -0.2) is 0 Å². The van der Waals surface area contributed by atoms with Crippen molar-refractivity contribution in [2.24, 2.45) is 5.89 Å². The molecule has 1 N–H and O–H groups in total. The summed E-state index contributed by atoms with van der Waals surface area (Å²) in [4.78, 5) is -0.460. The Hall–Kier alpha value is -1.06. The first-order valence-corrected chi connectivity index (χ1v) is 5.81. The molecule has 1 aromatic carbocycles. The molecule has 0 heterocycles. The Morgan fingerprint density at radius 1 is 1.68 bits per heavy atom. The first-order valence-electron chi connectivity index (χ1n) is 13.2. The molecule has 1 aromatic rings. The molecule has 19 heavy (non-hydrogen) atoms. The maximum absolute atomic E-state index is 9.11. The normalized spacial score (nSPS) is 48.4. The summed E-state index contributed by atoms with van der Waals surface area (Å²) in [6.45, 7) is -10.8. The van der Waals surface area contributed by atoms with Crippen molar-refractivity contribution in [3.05, 3.63) is 29.8 Å². The van der Waals surface area contributed by atoms with Crippen LogP contribution < -0.4 is 4.74 Å². The second kappa shape index (κ2) is 5.93. The zero-order chi connectivity index (χ0) is 26.6. The molecule has 3 heteroatoms. The number of rotatable bonds is 5. The minimum absolute atomic E-state index is 0.150. The summed E-state index contributed by atoms with van der Waals surface area (Å²) in [5, 5.41) is 4.80. The summed E-state index contributed by atoms with van der Waals surface area (Å²) in [5.41, 5.74) is -3.27.